The van der Waals surface area contributed by atoms with Gasteiger partial charge in [-0.3, -0.25) is 9.78 Å². The second kappa shape index (κ2) is 10.1. The van der Waals surface area contributed by atoms with Crippen LogP contribution in [0.15, 0.2) is 79.3 Å². The fourth-order valence-corrected chi connectivity index (χ4v) is 3.53. The van der Waals surface area contributed by atoms with E-state index in [0.717, 1.165) is 27.9 Å². The van der Waals surface area contributed by atoms with Gasteiger partial charge in [0, 0.05) is 36.3 Å². The van der Waals surface area contributed by atoms with Crippen LogP contribution in [-0.4, -0.2) is 32.5 Å². The lowest BCUT2D eigenvalue weighted by molar-refractivity contribution is 0.0954. The molecule has 0 aliphatic rings. The number of nitrogens with one attached hydrogen (secondary N) is 1. The van der Waals surface area contributed by atoms with Crippen LogP contribution in [0, 0.1) is 13.8 Å². The lowest BCUT2D eigenvalue weighted by Gasteiger charge is -2.15. The smallest absolute Gasteiger partial charge is 0.251 e. The molecule has 0 bridgehead atoms. The van der Waals surface area contributed by atoms with Gasteiger partial charge < -0.3 is 10.4 Å². The number of aromatic nitrogens is 3. The van der Waals surface area contributed by atoms with Crippen molar-refractivity contribution in [3.05, 3.63) is 113 Å². The molecule has 1 atom stereocenters. The number of hydrogen-bond donors (Lipinski definition) is 2. The minimum Gasteiger partial charge on any atom is -0.384 e. The zero-order chi connectivity index (χ0) is 23.2. The van der Waals surface area contributed by atoms with E-state index >= 15 is 0 Å². The topological polar surface area (TPSA) is 88.0 Å². The fraction of sp³-hybridized carbons (Fsp3) is 0.185. The van der Waals surface area contributed by atoms with Crippen molar-refractivity contribution in [2.75, 3.05) is 6.54 Å². The van der Waals surface area contributed by atoms with Gasteiger partial charge in [0.2, 0.25) is 0 Å². The van der Waals surface area contributed by atoms with Crippen molar-refractivity contribution in [2.45, 2.75) is 26.4 Å². The Balaban J connectivity index is 1.60. The standard InChI is InChI=1S/C27H26N4O2/c1-18-8-9-25(31-15-18)22-12-23(26(32)21-6-4-3-5-7-21)14-24(13-22)27(33)28-11-10-20-16-29-19(2)30-17-20/h3-9,12-17,26,32H,10-11H2,1-2H3,(H,28,33)/t26-/m1/s1. The molecule has 33 heavy (non-hydrogen) atoms. The number of aryl methyl sites for hydroxylation is 2. The monoisotopic (exact) mass is 438 g/mol. The van der Waals surface area contributed by atoms with Gasteiger partial charge in [0.15, 0.2) is 0 Å². The first-order valence-corrected chi connectivity index (χ1v) is 10.9. The van der Waals surface area contributed by atoms with Crippen LogP contribution in [0.25, 0.3) is 11.3 Å². The number of aliphatic hydroxyl groups excluding tert-OH is 1. The Morgan fingerprint density at radius 3 is 2.36 bits per heavy atom. The van der Waals surface area contributed by atoms with Gasteiger partial charge in [-0.05, 0) is 66.8 Å². The normalized spacial score (nSPS) is 11.7. The van der Waals surface area contributed by atoms with Crippen molar-refractivity contribution < 1.29 is 9.90 Å². The molecule has 1 amide bonds. The number of hydrogen-bond acceptors (Lipinski definition) is 5. The first kappa shape index (κ1) is 22.3. The van der Waals surface area contributed by atoms with Gasteiger partial charge in [-0.2, -0.15) is 0 Å². The Bertz CT molecular complexity index is 1220. The van der Waals surface area contributed by atoms with Crippen molar-refractivity contribution in [1.29, 1.82) is 0 Å². The lowest BCUT2D eigenvalue weighted by Crippen LogP contribution is -2.26. The summed E-state index contributed by atoms with van der Waals surface area (Å²) in [6, 6.07) is 18.7. The van der Waals surface area contributed by atoms with Gasteiger partial charge in [0.25, 0.3) is 5.91 Å². The van der Waals surface area contributed by atoms with Crippen molar-refractivity contribution in [1.82, 2.24) is 20.3 Å². The molecule has 0 saturated carbocycles. The van der Waals surface area contributed by atoms with Gasteiger partial charge in [-0.15, -0.1) is 0 Å². The first-order valence-electron chi connectivity index (χ1n) is 10.9. The van der Waals surface area contributed by atoms with Crippen LogP contribution in [0.5, 0.6) is 0 Å². The summed E-state index contributed by atoms with van der Waals surface area (Å²) in [5.41, 5.74) is 5.40. The number of nitrogens with zero attached hydrogens (tertiary/aromatic N) is 3. The van der Waals surface area contributed by atoms with Crippen molar-refractivity contribution in [3.63, 3.8) is 0 Å². The Morgan fingerprint density at radius 2 is 1.67 bits per heavy atom. The minimum absolute atomic E-state index is 0.210. The van der Waals surface area contributed by atoms with Gasteiger partial charge in [-0.25, -0.2) is 9.97 Å². The third-order valence-corrected chi connectivity index (χ3v) is 5.39. The summed E-state index contributed by atoms with van der Waals surface area (Å²) in [6.07, 6.45) is 5.11. The molecule has 4 aromatic rings. The van der Waals surface area contributed by atoms with E-state index in [1.807, 2.05) is 68.4 Å². The molecule has 0 fully saturated rings. The van der Waals surface area contributed by atoms with Gasteiger partial charge >= 0.3 is 0 Å². The van der Waals surface area contributed by atoms with E-state index in [1.54, 1.807) is 24.7 Å². The van der Waals surface area contributed by atoms with Crippen molar-refractivity contribution in [2.24, 2.45) is 0 Å². The second-order valence-corrected chi connectivity index (χ2v) is 8.02. The second-order valence-electron chi connectivity index (χ2n) is 8.02. The Labute approximate surface area is 193 Å². The number of carbonyl (C=O) groups excluding carboxylic acids is 1. The lowest BCUT2D eigenvalue weighted by atomic mass is 9.95. The summed E-state index contributed by atoms with van der Waals surface area (Å²) in [5, 5.41) is 14.0. The molecule has 6 nitrogen and oxygen atoms in total. The highest BCUT2D eigenvalue weighted by molar-refractivity contribution is 5.95. The highest BCUT2D eigenvalue weighted by atomic mass is 16.3. The summed E-state index contributed by atoms with van der Waals surface area (Å²) < 4.78 is 0. The summed E-state index contributed by atoms with van der Waals surface area (Å²) in [4.78, 5) is 25.9. The first-order chi connectivity index (χ1) is 16.0. The number of carbonyl (C=O) groups is 1. The van der Waals surface area contributed by atoms with Crippen molar-refractivity contribution >= 4 is 5.91 Å². The molecule has 0 unspecified atom stereocenters. The van der Waals surface area contributed by atoms with E-state index in [2.05, 4.69) is 20.3 Å². The molecule has 0 aliphatic heterocycles. The maximum absolute atomic E-state index is 13.0. The Kier molecular flexibility index (Phi) is 6.86. The molecule has 166 valence electrons. The van der Waals surface area contributed by atoms with E-state index in [0.29, 0.717) is 29.9 Å². The predicted molar refractivity (Wildman–Crippen MR) is 128 cm³/mol. The summed E-state index contributed by atoms with van der Waals surface area (Å²) in [7, 11) is 0. The van der Waals surface area contributed by atoms with Crippen LogP contribution in [0.4, 0.5) is 0 Å². The largest absolute Gasteiger partial charge is 0.384 e. The van der Waals surface area contributed by atoms with Crippen LogP contribution in [0.2, 0.25) is 0 Å². The highest BCUT2D eigenvalue weighted by Crippen LogP contribution is 2.28. The molecule has 4 rings (SSSR count). The summed E-state index contributed by atoms with van der Waals surface area (Å²) >= 11 is 0. The predicted octanol–water partition coefficient (Wildman–Crippen LogP) is 4.21. The highest BCUT2D eigenvalue weighted by Gasteiger charge is 2.16. The van der Waals surface area contributed by atoms with Crippen LogP contribution >= 0.6 is 0 Å². The van der Waals surface area contributed by atoms with Crippen LogP contribution in [-0.2, 0) is 6.42 Å². The zero-order valence-corrected chi connectivity index (χ0v) is 18.7. The molecule has 2 N–H and O–H groups in total. The van der Waals surface area contributed by atoms with Crippen LogP contribution < -0.4 is 5.32 Å². The summed E-state index contributed by atoms with van der Waals surface area (Å²) in [6.45, 7) is 4.27. The molecule has 0 radical (unpaired) electrons. The molecule has 0 saturated heterocycles. The maximum Gasteiger partial charge on any atom is 0.251 e. The maximum atomic E-state index is 13.0. The number of benzene rings is 2. The van der Waals surface area contributed by atoms with E-state index in [9.17, 15) is 9.90 Å². The third kappa shape index (κ3) is 5.67. The van der Waals surface area contributed by atoms with E-state index in [4.69, 9.17) is 0 Å². The molecule has 0 spiro atoms. The number of pyridine rings is 1. The Hall–Kier alpha value is -3.90. The van der Waals surface area contributed by atoms with Gasteiger partial charge in [0.1, 0.15) is 11.9 Å². The number of rotatable bonds is 7. The summed E-state index contributed by atoms with van der Waals surface area (Å²) in [5.74, 6) is 0.507. The number of aliphatic hydroxyl groups is 1. The third-order valence-electron chi connectivity index (χ3n) is 5.39. The van der Waals surface area contributed by atoms with Crippen LogP contribution in [0.1, 0.15) is 44.5 Å². The molecule has 6 heteroatoms. The zero-order valence-electron chi connectivity index (χ0n) is 18.7. The average Bonchev–Trinajstić information content (AvgIpc) is 2.85. The molecule has 2 aromatic heterocycles. The average molecular weight is 439 g/mol. The molecular formula is C27H26N4O2. The Morgan fingerprint density at radius 1 is 0.909 bits per heavy atom. The fourth-order valence-electron chi connectivity index (χ4n) is 3.53. The van der Waals surface area contributed by atoms with Gasteiger partial charge in [-0.1, -0.05) is 36.4 Å². The van der Waals surface area contributed by atoms with Crippen LogP contribution in [0.3, 0.4) is 0 Å². The van der Waals surface area contributed by atoms with E-state index in [-0.39, 0.29) is 5.91 Å². The van der Waals surface area contributed by atoms with Crippen molar-refractivity contribution in [3.8, 4) is 11.3 Å². The molecule has 0 aliphatic carbocycles. The molecule has 2 aromatic carbocycles. The quantitative estimate of drug-likeness (QED) is 0.451. The van der Waals surface area contributed by atoms with E-state index in [1.165, 1.54) is 0 Å². The minimum atomic E-state index is -0.854. The molecular weight excluding hydrogens is 412 g/mol. The van der Waals surface area contributed by atoms with Gasteiger partial charge in [0.05, 0.1) is 5.69 Å². The number of amides is 1. The van der Waals surface area contributed by atoms with E-state index < -0.39 is 6.10 Å². The SMILES string of the molecule is Cc1ccc(-c2cc(C(=O)NCCc3cnc(C)nc3)cc([C@H](O)c3ccccc3)c2)nc1. The molecule has 2 heterocycles.